The van der Waals surface area contributed by atoms with E-state index in [9.17, 15) is 0 Å². The van der Waals surface area contributed by atoms with E-state index in [2.05, 4.69) is 39.0 Å². The van der Waals surface area contributed by atoms with Crippen LogP contribution in [0.1, 0.15) is 36.0 Å². The average molecular weight is 160 g/mol. The molecule has 0 saturated heterocycles. The van der Waals surface area contributed by atoms with Gasteiger partial charge in [-0.2, -0.15) is 0 Å². The molecular formula is C12H16. The molecule has 0 amide bonds. The van der Waals surface area contributed by atoms with Gasteiger partial charge in [0.15, 0.2) is 0 Å². The maximum Gasteiger partial charge on any atom is -0.0131 e. The van der Waals surface area contributed by atoms with Gasteiger partial charge in [-0.3, -0.25) is 0 Å². The molecular weight excluding hydrogens is 144 g/mol. The van der Waals surface area contributed by atoms with Gasteiger partial charge < -0.3 is 0 Å². The number of rotatable bonds is 1. The molecule has 0 heterocycles. The van der Waals surface area contributed by atoms with Crippen LogP contribution in [0.2, 0.25) is 0 Å². The van der Waals surface area contributed by atoms with Crippen molar-refractivity contribution in [1.82, 2.24) is 0 Å². The van der Waals surface area contributed by atoms with Crippen LogP contribution in [0.15, 0.2) is 18.2 Å². The molecule has 0 N–H and O–H groups in total. The minimum Gasteiger partial charge on any atom is -0.0619 e. The van der Waals surface area contributed by atoms with Crippen LogP contribution in [0.4, 0.5) is 0 Å². The smallest absolute Gasteiger partial charge is 0.0131 e. The Bertz CT molecular complexity index is 299. The fraction of sp³-hybridized carbons (Fsp3) is 0.500. The van der Waals surface area contributed by atoms with Gasteiger partial charge in [0, 0.05) is 0 Å². The molecule has 2 unspecified atom stereocenters. The first-order valence-electron chi connectivity index (χ1n) is 4.75. The molecule has 1 aliphatic carbocycles. The first-order valence-corrected chi connectivity index (χ1v) is 4.75. The van der Waals surface area contributed by atoms with Gasteiger partial charge in [-0.15, -0.1) is 0 Å². The highest BCUT2D eigenvalue weighted by atomic mass is 14.4. The van der Waals surface area contributed by atoms with Crippen molar-refractivity contribution in [3.8, 4) is 0 Å². The van der Waals surface area contributed by atoms with Crippen molar-refractivity contribution in [3.63, 3.8) is 0 Å². The van der Waals surface area contributed by atoms with Crippen molar-refractivity contribution in [1.29, 1.82) is 0 Å². The van der Waals surface area contributed by atoms with E-state index in [1.807, 2.05) is 0 Å². The van der Waals surface area contributed by atoms with Crippen LogP contribution in [-0.2, 0) is 0 Å². The van der Waals surface area contributed by atoms with Crippen LogP contribution in [0, 0.1) is 19.8 Å². The van der Waals surface area contributed by atoms with Crippen molar-refractivity contribution in [2.75, 3.05) is 0 Å². The van der Waals surface area contributed by atoms with Crippen LogP contribution in [0.5, 0.6) is 0 Å². The summed E-state index contributed by atoms with van der Waals surface area (Å²) in [5, 5.41) is 0. The molecule has 0 heteroatoms. The quantitative estimate of drug-likeness (QED) is 0.590. The lowest BCUT2D eigenvalue weighted by molar-refractivity contribution is 0.908. The molecule has 2 atom stereocenters. The summed E-state index contributed by atoms with van der Waals surface area (Å²) >= 11 is 0. The Morgan fingerprint density at radius 1 is 1.25 bits per heavy atom. The minimum absolute atomic E-state index is 0.866. The highest BCUT2D eigenvalue weighted by Crippen LogP contribution is 2.47. The van der Waals surface area contributed by atoms with E-state index in [4.69, 9.17) is 0 Å². The van der Waals surface area contributed by atoms with Crippen molar-refractivity contribution >= 4 is 0 Å². The van der Waals surface area contributed by atoms with E-state index in [1.165, 1.54) is 17.5 Å². The minimum atomic E-state index is 0.866. The van der Waals surface area contributed by atoms with Gasteiger partial charge in [0.05, 0.1) is 0 Å². The molecule has 0 aromatic heterocycles. The van der Waals surface area contributed by atoms with Gasteiger partial charge >= 0.3 is 0 Å². The Labute approximate surface area is 74.6 Å². The molecule has 0 radical (unpaired) electrons. The third-order valence-corrected chi connectivity index (χ3v) is 2.93. The van der Waals surface area contributed by atoms with Crippen molar-refractivity contribution in [2.45, 2.75) is 33.1 Å². The van der Waals surface area contributed by atoms with Gasteiger partial charge in [-0.05, 0) is 43.2 Å². The number of hydrogen-bond acceptors (Lipinski definition) is 0. The highest BCUT2D eigenvalue weighted by Gasteiger charge is 2.34. The summed E-state index contributed by atoms with van der Waals surface area (Å²) in [7, 11) is 0. The third kappa shape index (κ3) is 1.26. The fourth-order valence-corrected chi connectivity index (χ4v) is 2.00. The molecule has 0 bridgehead atoms. The SMILES string of the molecule is Cc1ccc(C2CC2C)c(C)c1. The lowest BCUT2D eigenvalue weighted by atomic mass is 10.0. The molecule has 12 heavy (non-hydrogen) atoms. The zero-order valence-corrected chi connectivity index (χ0v) is 8.09. The summed E-state index contributed by atoms with van der Waals surface area (Å²) in [6, 6.07) is 6.83. The second kappa shape index (κ2) is 2.62. The molecule has 0 aliphatic heterocycles. The second-order valence-electron chi connectivity index (χ2n) is 4.18. The van der Waals surface area contributed by atoms with Gasteiger partial charge in [-0.25, -0.2) is 0 Å². The van der Waals surface area contributed by atoms with Gasteiger partial charge in [0.25, 0.3) is 0 Å². The molecule has 1 aromatic rings. The number of aryl methyl sites for hydroxylation is 2. The largest absolute Gasteiger partial charge is 0.0619 e. The third-order valence-electron chi connectivity index (χ3n) is 2.93. The Hall–Kier alpha value is -0.780. The molecule has 1 saturated carbocycles. The van der Waals surface area contributed by atoms with E-state index in [0.29, 0.717) is 0 Å². The average Bonchev–Trinajstić information content (AvgIpc) is 2.66. The summed E-state index contributed by atoms with van der Waals surface area (Å²) in [5.74, 6) is 1.79. The lowest BCUT2D eigenvalue weighted by Gasteiger charge is -2.04. The van der Waals surface area contributed by atoms with Crippen molar-refractivity contribution in [3.05, 3.63) is 34.9 Å². The monoisotopic (exact) mass is 160 g/mol. The summed E-state index contributed by atoms with van der Waals surface area (Å²) in [6.45, 7) is 6.73. The molecule has 1 fully saturated rings. The van der Waals surface area contributed by atoms with Crippen LogP contribution in [0.3, 0.4) is 0 Å². The van der Waals surface area contributed by atoms with E-state index in [-0.39, 0.29) is 0 Å². The Morgan fingerprint density at radius 3 is 2.42 bits per heavy atom. The predicted molar refractivity (Wildman–Crippen MR) is 52.4 cm³/mol. The number of hydrogen-bond donors (Lipinski definition) is 0. The highest BCUT2D eigenvalue weighted by molar-refractivity contribution is 5.36. The molecule has 0 spiro atoms. The zero-order valence-electron chi connectivity index (χ0n) is 8.09. The van der Waals surface area contributed by atoms with E-state index in [0.717, 1.165) is 11.8 Å². The van der Waals surface area contributed by atoms with Crippen LogP contribution in [0.25, 0.3) is 0 Å². The van der Waals surface area contributed by atoms with E-state index in [1.54, 1.807) is 5.56 Å². The Kier molecular flexibility index (Phi) is 1.71. The fourth-order valence-electron chi connectivity index (χ4n) is 2.00. The first kappa shape index (κ1) is 7.85. The van der Waals surface area contributed by atoms with E-state index < -0.39 is 0 Å². The van der Waals surface area contributed by atoms with Crippen LogP contribution >= 0.6 is 0 Å². The Balaban J connectivity index is 2.33. The second-order valence-corrected chi connectivity index (χ2v) is 4.18. The van der Waals surface area contributed by atoms with Crippen LogP contribution < -0.4 is 0 Å². The van der Waals surface area contributed by atoms with Crippen molar-refractivity contribution in [2.24, 2.45) is 5.92 Å². The first-order chi connectivity index (χ1) is 5.68. The topological polar surface area (TPSA) is 0 Å². The maximum atomic E-state index is 2.34. The van der Waals surface area contributed by atoms with Crippen molar-refractivity contribution < 1.29 is 0 Å². The number of benzene rings is 1. The molecule has 1 aliphatic rings. The summed E-state index contributed by atoms with van der Waals surface area (Å²) in [5.41, 5.74) is 4.43. The van der Waals surface area contributed by atoms with Gasteiger partial charge in [0.2, 0.25) is 0 Å². The molecule has 64 valence electrons. The van der Waals surface area contributed by atoms with E-state index >= 15 is 0 Å². The molecule has 1 aromatic carbocycles. The van der Waals surface area contributed by atoms with Crippen LogP contribution in [-0.4, -0.2) is 0 Å². The summed E-state index contributed by atoms with van der Waals surface area (Å²) < 4.78 is 0. The predicted octanol–water partition coefficient (Wildman–Crippen LogP) is 3.43. The molecule has 0 nitrogen and oxygen atoms in total. The zero-order chi connectivity index (χ0) is 8.72. The Morgan fingerprint density at radius 2 is 1.92 bits per heavy atom. The van der Waals surface area contributed by atoms with Gasteiger partial charge in [-0.1, -0.05) is 30.7 Å². The summed E-state index contributed by atoms with van der Waals surface area (Å²) in [4.78, 5) is 0. The maximum absolute atomic E-state index is 2.34. The van der Waals surface area contributed by atoms with Gasteiger partial charge in [0.1, 0.15) is 0 Å². The lowest BCUT2D eigenvalue weighted by Crippen LogP contribution is -1.87. The summed E-state index contributed by atoms with van der Waals surface area (Å²) in [6.07, 6.45) is 1.39. The standard InChI is InChI=1S/C12H16/c1-8-4-5-11(9(2)6-8)12-7-10(12)3/h4-6,10,12H,7H2,1-3H3. The molecule has 2 rings (SSSR count). The normalized spacial score (nSPS) is 27.2.